The van der Waals surface area contributed by atoms with Crippen LogP contribution in [0, 0.1) is 6.92 Å². The van der Waals surface area contributed by atoms with Crippen LogP contribution in [0.4, 0.5) is 0 Å². The molecular formula is C11H17NO4S. The Hall–Kier alpha value is -0.850. The molecular weight excluding hydrogens is 242 g/mol. The Morgan fingerprint density at radius 3 is 2.65 bits per heavy atom. The monoisotopic (exact) mass is 259 g/mol. The fourth-order valence-electron chi connectivity index (χ4n) is 2.08. The summed E-state index contributed by atoms with van der Waals surface area (Å²) in [5.41, 5.74) is 0. The fraction of sp³-hybridized carbons (Fsp3) is 0.636. The minimum absolute atomic E-state index is 0.0157. The van der Waals surface area contributed by atoms with E-state index in [-0.39, 0.29) is 17.5 Å². The zero-order valence-electron chi connectivity index (χ0n) is 9.88. The Labute approximate surface area is 101 Å². The largest absolute Gasteiger partial charge is 0.465 e. The Balaban J connectivity index is 2.02. The van der Waals surface area contributed by atoms with Gasteiger partial charge in [0.05, 0.1) is 23.7 Å². The lowest BCUT2D eigenvalue weighted by Gasteiger charge is -2.19. The summed E-state index contributed by atoms with van der Waals surface area (Å²) in [6.45, 7) is 3.74. The molecule has 1 aliphatic heterocycles. The van der Waals surface area contributed by atoms with Crippen molar-refractivity contribution < 1.29 is 17.9 Å². The highest BCUT2D eigenvalue weighted by atomic mass is 32.2. The molecule has 2 N–H and O–H groups in total. The first-order valence-corrected chi connectivity index (χ1v) is 7.40. The van der Waals surface area contributed by atoms with Gasteiger partial charge < -0.3 is 14.8 Å². The van der Waals surface area contributed by atoms with E-state index in [9.17, 15) is 13.5 Å². The van der Waals surface area contributed by atoms with Gasteiger partial charge in [-0.3, -0.25) is 0 Å². The standard InChI is InChI=1S/C11H17NO4S/c1-7-3-4-11(16-7)8(2)12-9-5-17(14,15)6-10(9)13/h3-4,8-10,12-13H,5-6H2,1-2H3. The van der Waals surface area contributed by atoms with Crippen LogP contribution in [0.5, 0.6) is 0 Å². The fourth-order valence-corrected chi connectivity index (χ4v) is 3.83. The molecule has 3 atom stereocenters. The normalized spacial score (nSPS) is 29.4. The molecule has 1 fully saturated rings. The molecule has 0 saturated carbocycles. The first kappa shape index (κ1) is 12.6. The summed E-state index contributed by atoms with van der Waals surface area (Å²) < 4.78 is 28.1. The van der Waals surface area contributed by atoms with E-state index in [1.54, 1.807) is 0 Å². The van der Waals surface area contributed by atoms with Gasteiger partial charge in [0, 0.05) is 6.04 Å². The molecule has 6 heteroatoms. The molecule has 96 valence electrons. The maximum atomic E-state index is 11.4. The van der Waals surface area contributed by atoms with Crippen LogP contribution in [0.3, 0.4) is 0 Å². The van der Waals surface area contributed by atoms with Gasteiger partial charge in [0.2, 0.25) is 0 Å². The molecule has 0 spiro atoms. The van der Waals surface area contributed by atoms with E-state index < -0.39 is 22.0 Å². The second-order valence-electron chi connectivity index (χ2n) is 4.59. The molecule has 0 radical (unpaired) electrons. The molecule has 2 heterocycles. The van der Waals surface area contributed by atoms with Gasteiger partial charge in [-0.1, -0.05) is 0 Å². The van der Waals surface area contributed by atoms with Crippen LogP contribution >= 0.6 is 0 Å². The maximum absolute atomic E-state index is 11.4. The van der Waals surface area contributed by atoms with Crippen molar-refractivity contribution in [3.63, 3.8) is 0 Å². The van der Waals surface area contributed by atoms with E-state index in [0.29, 0.717) is 0 Å². The molecule has 0 amide bonds. The van der Waals surface area contributed by atoms with E-state index in [4.69, 9.17) is 4.42 Å². The smallest absolute Gasteiger partial charge is 0.154 e. The molecule has 5 nitrogen and oxygen atoms in total. The minimum atomic E-state index is -3.11. The van der Waals surface area contributed by atoms with Crippen molar-refractivity contribution in [2.45, 2.75) is 32.0 Å². The van der Waals surface area contributed by atoms with E-state index in [0.717, 1.165) is 11.5 Å². The topological polar surface area (TPSA) is 79.5 Å². The molecule has 1 saturated heterocycles. The summed E-state index contributed by atoms with van der Waals surface area (Å²) in [4.78, 5) is 0. The highest BCUT2D eigenvalue weighted by molar-refractivity contribution is 7.91. The predicted molar refractivity (Wildman–Crippen MR) is 63.4 cm³/mol. The molecule has 1 aromatic rings. The van der Waals surface area contributed by atoms with E-state index in [1.807, 2.05) is 26.0 Å². The number of hydrogen-bond acceptors (Lipinski definition) is 5. The second kappa shape index (κ2) is 4.44. The number of furan rings is 1. The average Bonchev–Trinajstić information content (AvgIpc) is 2.71. The minimum Gasteiger partial charge on any atom is -0.465 e. The number of aliphatic hydroxyl groups is 1. The number of hydrogen-bond donors (Lipinski definition) is 2. The lowest BCUT2D eigenvalue weighted by Crippen LogP contribution is -2.40. The molecule has 0 aliphatic carbocycles. The first-order valence-electron chi connectivity index (χ1n) is 5.58. The second-order valence-corrected chi connectivity index (χ2v) is 6.74. The summed E-state index contributed by atoms with van der Waals surface area (Å²) >= 11 is 0. The third kappa shape index (κ3) is 2.88. The number of nitrogens with one attached hydrogen (secondary N) is 1. The van der Waals surface area contributed by atoms with Crippen LogP contribution in [0.25, 0.3) is 0 Å². The Morgan fingerprint density at radius 2 is 2.18 bits per heavy atom. The maximum Gasteiger partial charge on any atom is 0.154 e. The number of rotatable bonds is 3. The molecule has 0 bridgehead atoms. The lowest BCUT2D eigenvalue weighted by molar-refractivity contribution is 0.158. The van der Waals surface area contributed by atoms with Gasteiger partial charge in [0.15, 0.2) is 9.84 Å². The van der Waals surface area contributed by atoms with Crippen LogP contribution in [0.15, 0.2) is 16.5 Å². The van der Waals surface area contributed by atoms with Crippen LogP contribution < -0.4 is 5.32 Å². The van der Waals surface area contributed by atoms with Crippen LogP contribution in [0.1, 0.15) is 24.5 Å². The summed E-state index contributed by atoms with van der Waals surface area (Å²) in [7, 11) is -3.11. The predicted octanol–water partition coefficient (Wildman–Crippen LogP) is 0.397. The van der Waals surface area contributed by atoms with Crippen molar-refractivity contribution >= 4 is 9.84 Å². The Kier molecular flexibility index (Phi) is 3.29. The van der Waals surface area contributed by atoms with Crippen molar-refractivity contribution in [1.82, 2.24) is 5.32 Å². The summed E-state index contributed by atoms with van der Waals surface area (Å²) in [5, 5.41) is 12.7. The lowest BCUT2D eigenvalue weighted by atomic mass is 10.1. The van der Waals surface area contributed by atoms with Crippen LogP contribution in [-0.4, -0.2) is 37.2 Å². The van der Waals surface area contributed by atoms with Crippen LogP contribution in [-0.2, 0) is 9.84 Å². The summed E-state index contributed by atoms with van der Waals surface area (Å²) in [6, 6.07) is 3.18. The van der Waals surface area contributed by atoms with Gasteiger partial charge in [0.25, 0.3) is 0 Å². The number of aliphatic hydroxyl groups excluding tert-OH is 1. The van der Waals surface area contributed by atoms with Gasteiger partial charge in [-0.05, 0) is 26.0 Å². The number of aryl methyl sites for hydroxylation is 1. The van der Waals surface area contributed by atoms with Crippen LogP contribution in [0.2, 0.25) is 0 Å². The highest BCUT2D eigenvalue weighted by Crippen LogP contribution is 2.20. The average molecular weight is 259 g/mol. The van der Waals surface area contributed by atoms with E-state index >= 15 is 0 Å². The SMILES string of the molecule is Cc1ccc(C(C)NC2CS(=O)(=O)CC2O)o1. The van der Waals surface area contributed by atoms with Crippen molar-refractivity contribution in [2.24, 2.45) is 0 Å². The van der Waals surface area contributed by atoms with Gasteiger partial charge in [0.1, 0.15) is 11.5 Å². The first-order chi connectivity index (χ1) is 7.87. The summed E-state index contributed by atoms with van der Waals surface area (Å²) in [6.07, 6.45) is -0.835. The zero-order valence-corrected chi connectivity index (χ0v) is 10.7. The van der Waals surface area contributed by atoms with Gasteiger partial charge in [-0.25, -0.2) is 8.42 Å². The quantitative estimate of drug-likeness (QED) is 0.821. The molecule has 1 aromatic heterocycles. The van der Waals surface area contributed by atoms with Crippen molar-refractivity contribution in [1.29, 1.82) is 0 Å². The van der Waals surface area contributed by atoms with Gasteiger partial charge in [-0.15, -0.1) is 0 Å². The van der Waals surface area contributed by atoms with E-state index in [1.165, 1.54) is 0 Å². The third-order valence-corrected chi connectivity index (χ3v) is 4.69. The Bertz CT molecular complexity index is 493. The third-order valence-electron chi connectivity index (χ3n) is 2.97. The molecule has 3 unspecified atom stereocenters. The molecule has 0 aromatic carbocycles. The van der Waals surface area contributed by atoms with Crippen molar-refractivity contribution in [3.8, 4) is 0 Å². The number of sulfone groups is 1. The van der Waals surface area contributed by atoms with Crippen molar-refractivity contribution in [2.75, 3.05) is 11.5 Å². The van der Waals surface area contributed by atoms with Gasteiger partial charge >= 0.3 is 0 Å². The molecule has 1 aliphatic rings. The molecule has 2 rings (SSSR count). The van der Waals surface area contributed by atoms with E-state index in [2.05, 4.69) is 5.32 Å². The van der Waals surface area contributed by atoms with Gasteiger partial charge in [-0.2, -0.15) is 0 Å². The van der Waals surface area contributed by atoms with Crippen molar-refractivity contribution in [3.05, 3.63) is 23.7 Å². The highest BCUT2D eigenvalue weighted by Gasteiger charge is 2.37. The Morgan fingerprint density at radius 1 is 1.47 bits per heavy atom. The summed E-state index contributed by atoms with van der Waals surface area (Å²) in [5.74, 6) is 1.39. The molecule has 17 heavy (non-hydrogen) atoms. The zero-order chi connectivity index (χ0) is 12.6.